The Labute approximate surface area is 156 Å². The summed E-state index contributed by atoms with van der Waals surface area (Å²) in [4.78, 5) is 25.9. The second kappa shape index (κ2) is 9.12. The van der Waals surface area contributed by atoms with E-state index in [2.05, 4.69) is 10.1 Å². The maximum absolute atomic E-state index is 12.3. The van der Waals surface area contributed by atoms with Crippen LogP contribution in [-0.2, 0) is 16.0 Å². The zero-order valence-electron chi connectivity index (χ0n) is 15.5. The molecule has 0 unspecified atom stereocenters. The summed E-state index contributed by atoms with van der Waals surface area (Å²) in [5, 5.41) is 2.83. The fourth-order valence-corrected chi connectivity index (χ4v) is 2.59. The molecular weight excluding hydrogens is 354 g/mol. The number of halogens is 2. The zero-order valence-corrected chi connectivity index (χ0v) is 15.5. The van der Waals surface area contributed by atoms with Gasteiger partial charge in [0.2, 0.25) is 11.8 Å². The highest BCUT2D eigenvalue weighted by Crippen LogP contribution is 2.19. The van der Waals surface area contributed by atoms with Gasteiger partial charge in [0.1, 0.15) is 5.75 Å². The number of carbonyl (C=O) groups is 2. The predicted molar refractivity (Wildman–Crippen MR) is 99.0 cm³/mol. The van der Waals surface area contributed by atoms with Crippen LogP contribution in [0.15, 0.2) is 42.5 Å². The quantitative estimate of drug-likeness (QED) is 0.804. The molecule has 2 aromatic carbocycles. The fraction of sp³-hybridized carbons (Fsp3) is 0.300. The molecule has 2 aromatic rings. The molecule has 0 aromatic heterocycles. The van der Waals surface area contributed by atoms with Crippen LogP contribution in [0.1, 0.15) is 16.7 Å². The van der Waals surface area contributed by atoms with Crippen LogP contribution in [-0.4, -0.2) is 36.9 Å². The Hall–Kier alpha value is -2.96. The summed E-state index contributed by atoms with van der Waals surface area (Å²) in [6.45, 7) is 0.829. The van der Waals surface area contributed by atoms with E-state index in [0.29, 0.717) is 5.56 Å². The van der Waals surface area contributed by atoms with Gasteiger partial charge < -0.3 is 15.0 Å². The molecule has 7 heteroatoms. The summed E-state index contributed by atoms with van der Waals surface area (Å²) in [6, 6.07) is 11.6. The van der Waals surface area contributed by atoms with E-state index >= 15 is 0 Å². The lowest BCUT2D eigenvalue weighted by atomic mass is 10.1. The molecule has 0 radical (unpaired) electrons. The van der Waals surface area contributed by atoms with Crippen molar-refractivity contribution in [3.8, 4) is 5.75 Å². The third-order valence-corrected chi connectivity index (χ3v) is 4.06. The number of rotatable bonds is 7. The minimum Gasteiger partial charge on any atom is -0.435 e. The standard InChI is InChI=1S/C20H22F2N2O3/c1-13-5-4-6-14(2)19(13)23-17(25)12-24(3)18(26)11-15-7-9-16(10-8-15)27-20(21)22/h4-10,20H,11-12H2,1-3H3,(H,23,25). The number of alkyl halides is 2. The molecule has 0 bridgehead atoms. The van der Waals surface area contributed by atoms with Crippen molar-refractivity contribution in [3.05, 3.63) is 59.2 Å². The molecule has 0 heterocycles. The largest absolute Gasteiger partial charge is 0.435 e. The Kier molecular flexibility index (Phi) is 6.87. The van der Waals surface area contributed by atoms with Crippen LogP contribution in [0.2, 0.25) is 0 Å². The summed E-state index contributed by atoms with van der Waals surface area (Å²) in [7, 11) is 1.54. The highest BCUT2D eigenvalue weighted by Gasteiger charge is 2.15. The third kappa shape index (κ3) is 6.06. The summed E-state index contributed by atoms with van der Waals surface area (Å²) < 4.78 is 28.6. The average molecular weight is 376 g/mol. The molecule has 0 saturated carbocycles. The second-order valence-corrected chi connectivity index (χ2v) is 6.26. The lowest BCUT2D eigenvalue weighted by Crippen LogP contribution is -2.36. The lowest BCUT2D eigenvalue weighted by Gasteiger charge is -2.18. The van der Waals surface area contributed by atoms with Crippen LogP contribution >= 0.6 is 0 Å². The van der Waals surface area contributed by atoms with Gasteiger partial charge in [-0.25, -0.2) is 0 Å². The van der Waals surface area contributed by atoms with Gasteiger partial charge in [-0.05, 0) is 42.7 Å². The summed E-state index contributed by atoms with van der Waals surface area (Å²) >= 11 is 0. The monoisotopic (exact) mass is 376 g/mol. The smallest absolute Gasteiger partial charge is 0.387 e. The van der Waals surface area contributed by atoms with Gasteiger partial charge in [-0.2, -0.15) is 8.78 Å². The minimum absolute atomic E-state index is 0.0301. The number of anilines is 1. The molecule has 0 saturated heterocycles. The zero-order chi connectivity index (χ0) is 20.0. The number of amides is 2. The summed E-state index contributed by atoms with van der Waals surface area (Å²) in [5.74, 6) is -0.513. The molecular formula is C20H22F2N2O3. The van der Waals surface area contributed by atoms with Crippen LogP contribution in [0.4, 0.5) is 14.5 Å². The molecule has 0 spiro atoms. The lowest BCUT2D eigenvalue weighted by molar-refractivity contribution is -0.132. The number of ether oxygens (including phenoxy) is 1. The second-order valence-electron chi connectivity index (χ2n) is 6.26. The Morgan fingerprint density at radius 1 is 1.07 bits per heavy atom. The first-order valence-corrected chi connectivity index (χ1v) is 8.40. The van der Waals surface area contributed by atoms with E-state index in [1.165, 1.54) is 17.0 Å². The molecule has 0 aliphatic heterocycles. The van der Waals surface area contributed by atoms with E-state index in [1.807, 2.05) is 32.0 Å². The number of para-hydroxylation sites is 1. The van der Waals surface area contributed by atoms with Crippen LogP contribution in [0.5, 0.6) is 5.75 Å². The molecule has 0 fully saturated rings. The van der Waals surface area contributed by atoms with Crippen LogP contribution < -0.4 is 10.1 Å². The Morgan fingerprint density at radius 3 is 2.22 bits per heavy atom. The number of likely N-dealkylation sites (N-methyl/N-ethyl adjacent to an activating group) is 1. The highest BCUT2D eigenvalue weighted by molar-refractivity contribution is 5.95. The molecule has 2 amide bonds. The van der Waals surface area contributed by atoms with Gasteiger partial charge in [-0.15, -0.1) is 0 Å². The van der Waals surface area contributed by atoms with Crippen LogP contribution in [0.25, 0.3) is 0 Å². The Bertz CT molecular complexity index is 787. The normalized spacial score (nSPS) is 10.6. The molecule has 2 rings (SSSR count). The first-order chi connectivity index (χ1) is 12.8. The third-order valence-electron chi connectivity index (χ3n) is 4.06. The van der Waals surface area contributed by atoms with Gasteiger partial charge >= 0.3 is 6.61 Å². The molecule has 5 nitrogen and oxygen atoms in total. The number of hydrogen-bond acceptors (Lipinski definition) is 3. The number of carbonyl (C=O) groups excluding carboxylic acids is 2. The van der Waals surface area contributed by atoms with Crippen molar-refractivity contribution in [2.24, 2.45) is 0 Å². The van der Waals surface area contributed by atoms with E-state index in [1.54, 1.807) is 19.2 Å². The number of nitrogens with zero attached hydrogens (tertiary/aromatic N) is 1. The van der Waals surface area contributed by atoms with Gasteiger partial charge in [0.15, 0.2) is 0 Å². The van der Waals surface area contributed by atoms with E-state index in [-0.39, 0.29) is 30.5 Å². The predicted octanol–water partition coefficient (Wildman–Crippen LogP) is 3.54. The number of aryl methyl sites for hydroxylation is 2. The number of benzene rings is 2. The van der Waals surface area contributed by atoms with Crippen molar-refractivity contribution in [1.29, 1.82) is 0 Å². The summed E-state index contributed by atoms with van der Waals surface area (Å²) in [6.07, 6.45) is 0.0577. The van der Waals surface area contributed by atoms with E-state index in [4.69, 9.17) is 0 Å². The average Bonchev–Trinajstić information content (AvgIpc) is 2.59. The SMILES string of the molecule is Cc1cccc(C)c1NC(=O)CN(C)C(=O)Cc1ccc(OC(F)F)cc1. The topological polar surface area (TPSA) is 58.6 Å². The molecule has 27 heavy (non-hydrogen) atoms. The number of nitrogens with one attached hydrogen (secondary N) is 1. The summed E-state index contributed by atoms with van der Waals surface area (Å²) in [5.41, 5.74) is 3.29. The van der Waals surface area contributed by atoms with Crippen molar-refractivity contribution in [3.63, 3.8) is 0 Å². The first kappa shape index (κ1) is 20.4. The van der Waals surface area contributed by atoms with Crippen molar-refractivity contribution in [1.82, 2.24) is 4.90 Å². The first-order valence-electron chi connectivity index (χ1n) is 8.40. The van der Waals surface area contributed by atoms with Gasteiger partial charge in [0.05, 0.1) is 13.0 Å². The fourth-order valence-electron chi connectivity index (χ4n) is 2.59. The Balaban J connectivity index is 1.90. The van der Waals surface area contributed by atoms with Gasteiger partial charge in [0.25, 0.3) is 0 Å². The van der Waals surface area contributed by atoms with Gasteiger partial charge in [-0.3, -0.25) is 9.59 Å². The van der Waals surface area contributed by atoms with Crippen molar-refractivity contribution >= 4 is 17.5 Å². The Morgan fingerprint density at radius 2 is 1.67 bits per heavy atom. The van der Waals surface area contributed by atoms with Crippen molar-refractivity contribution in [2.75, 3.05) is 18.9 Å². The van der Waals surface area contributed by atoms with Crippen LogP contribution in [0, 0.1) is 13.8 Å². The molecule has 0 aliphatic carbocycles. The van der Waals surface area contributed by atoms with E-state index < -0.39 is 6.61 Å². The molecule has 0 atom stereocenters. The number of hydrogen-bond donors (Lipinski definition) is 1. The minimum atomic E-state index is -2.89. The maximum atomic E-state index is 12.3. The maximum Gasteiger partial charge on any atom is 0.387 e. The van der Waals surface area contributed by atoms with E-state index in [9.17, 15) is 18.4 Å². The van der Waals surface area contributed by atoms with Gasteiger partial charge in [0, 0.05) is 12.7 Å². The van der Waals surface area contributed by atoms with Crippen molar-refractivity contribution < 1.29 is 23.1 Å². The van der Waals surface area contributed by atoms with E-state index in [0.717, 1.165) is 16.8 Å². The molecule has 144 valence electrons. The van der Waals surface area contributed by atoms with Crippen LogP contribution in [0.3, 0.4) is 0 Å². The van der Waals surface area contributed by atoms with Crippen molar-refractivity contribution in [2.45, 2.75) is 26.9 Å². The highest BCUT2D eigenvalue weighted by atomic mass is 19.3. The van der Waals surface area contributed by atoms with Gasteiger partial charge in [-0.1, -0.05) is 30.3 Å². The molecule has 0 aliphatic rings. The molecule has 1 N–H and O–H groups in total.